The molecule has 0 aromatic heterocycles. The molecule has 1 N–H and O–H groups in total. The maximum Gasteiger partial charge on any atom is 0.0687 e. The molecular weight excluding hydrogens is 224 g/mol. The molecule has 0 amide bonds. The Morgan fingerprint density at radius 1 is 1.06 bits per heavy atom. The lowest BCUT2D eigenvalue weighted by Gasteiger charge is -2.37. The molecule has 2 heteroatoms. The monoisotopic (exact) mass is 254 g/mol. The highest BCUT2D eigenvalue weighted by Gasteiger charge is 2.50. The van der Waals surface area contributed by atoms with Gasteiger partial charge in [-0.1, -0.05) is 19.8 Å². The summed E-state index contributed by atoms with van der Waals surface area (Å²) in [5.74, 6) is 1.62. The van der Waals surface area contributed by atoms with Gasteiger partial charge in [0.2, 0.25) is 0 Å². The average molecular weight is 254 g/mol. The van der Waals surface area contributed by atoms with Crippen molar-refractivity contribution in [3.8, 4) is 0 Å². The number of aliphatic hydroxyl groups excluding tert-OH is 1. The second-order valence-corrected chi connectivity index (χ2v) is 7.79. The van der Waals surface area contributed by atoms with E-state index in [1.807, 2.05) is 0 Å². The predicted molar refractivity (Wildman–Crippen MR) is 74.5 cm³/mol. The molecule has 106 valence electrons. The van der Waals surface area contributed by atoms with Crippen molar-refractivity contribution in [2.24, 2.45) is 17.8 Å². The van der Waals surface area contributed by atoms with Gasteiger partial charge < -0.3 is 9.84 Å². The van der Waals surface area contributed by atoms with Crippen LogP contribution in [0.1, 0.15) is 66.7 Å². The number of rotatable bonds is 2. The van der Waals surface area contributed by atoms with E-state index in [4.69, 9.17) is 4.74 Å². The Labute approximate surface area is 112 Å². The lowest BCUT2D eigenvalue weighted by molar-refractivity contribution is -0.0959. The molecule has 2 atom stereocenters. The van der Waals surface area contributed by atoms with E-state index in [0.29, 0.717) is 5.92 Å². The lowest BCUT2D eigenvalue weighted by Crippen LogP contribution is -2.41. The summed E-state index contributed by atoms with van der Waals surface area (Å²) in [5.41, 5.74) is -0.275. The molecule has 2 fully saturated rings. The minimum absolute atomic E-state index is 0.0862. The molecule has 0 aromatic carbocycles. The summed E-state index contributed by atoms with van der Waals surface area (Å²) in [5, 5.41) is 10.7. The smallest absolute Gasteiger partial charge is 0.0687 e. The van der Waals surface area contributed by atoms with Crippen molar-refractivity contribution in [1.82, 2.24) is 0 Å². The Morgan fingerprint density at radius 2 is 1.61 bits per heavy atom. The van der Waals surface area contributed by atoms with Crippen LogP contribution in [0.4, 0.5) is 0 Å². The third-order valence-electron chi connectivity index (χ3n) is 5.10. The van der Waals surface area contributed by atoms with Crippen LogP contribution in [0.3, 0.4) is 0 Å². The standard InChI is InChI=1S/C16H30O2/c1-11-6-8-12(9-7-11)14(17)13-10-15(2,3)18-16(13,4)5/h11-14,17H,6-10H2,1-5H3. The Kier molecular flexibility index (Phi) is 3.81. The van der Waals surface area contributed by atoms with Gasteiger partial charge in [-0.2, -0.15) is 0 Å². The third kappa shape index (κ3) is 2.91. The van der Waals surface area contributed by atoms with Crippen LogP contribution in [-0.2, 0) is 4.74 Å². The maximum atomic E-state index is 10.7. The highest BCUT2D eigenvalue weighted by Crippen LogP contribution is 2.46. The third-order valence-corrected chi connectivity index (χ3v) is 5.10. The average Bonchev–Trinajstić information content (AvgIpc) is 2.47. The number of ether oxygens (including phenoxy) is 1. The van der Waals surface area contributed by atoms with Gasteiger partial charge in [0.25, 0.3) is 0 Å². The fourth-order valence-electron chi connectivity index (χ4n) is 4.09. The van der Waals surface area contributed by atoms with E-state index in [9.17, 15) is 5.11 Å². The van der Waals surface area contributed by atoms with Crippen LogP contribution < -0.4 is 0 Å². The molecule has 1 heterocycles. The van der Waals surface area contributed by atoms with Gasteiger partial charge in [-0.3, -0.25) is 0 Å². The molecule has 1 saturated heterocycles. The number of hydrogen-bond acceptors (Lipinski definition) is 2. The van der Waals surface area contributed by atoms with E-state index in [-0.39, 0.29) is 23.2 Å². The minimum atomic E-state index is -0.189. The van der Waals surface area contributed by atoms with E-state index in [1.165, 1.54) is 25.7 Å². The van der Waals surface area contributed by atoms with Gasteiger partial charge >= 0.3 is 0 Å². The zero-order valence-electron chi connectivity index (χ0n) is 12.7. The summed E-state index contributed by atoms with van der Waals surface area (Å²) in [6, 6.07) is 0. The molecule has 1 aliphatic heterocycles. The van der Waals surface area contributed by atoms with Crippen LogP contribution in [-0.4, -0.2) is 22.4 Å². The molecule has 18 heavy (non-hydrogen) atoms. The van der Waals surface area contributed by atoms with Gasteiger partial charge in [0.15, 0.2) is 0 Å². The van der Waals surface area contributed by atoms with Crippen molar-refractivity contribution in [3.05, 3.63) is 0 Å². The Balaban J connectivity index is 2.02. The van der Waals surface area contributed by atoms with Crippen molar-refractivity contribution in [2.45, 2.75) is 84.0 Å². The Hall–Kier alpha value is -0.0800. The van der Waals surface area contributed by atoms with Crippen LogP contribution >= 0.6 is 0 Å². The first-order valence-corrected chi connectivity index (χ1v) is 7.59. The molecule has 2 rings (SSSR count). The van der Waals surface area contributed by atoms with Crippen molar-refractivity contribution < 1.29 is 9.84 Å². The van der Waals surface area contributed by atoms with Crippen LogP contribution in [0.2, 0.25) is 0 Å². The summed E-state index contributed by atoms with van der Waals surface area (Å²) in [6.45, 7) is 10.9. The van der Waals surface area contributed by atoms with Crippen molar-refractivity contribution >= 4 is 0 Å². The molecule has 0 bridgehead atoms. The zero-order chi connectivity index (χ0) is 13.6. The molecule has 0 aromatic rings. The van der Waals surface area contributed by atoms with Crippen molar-refractivity contribution in [3.63, 3.8) is 0 Å². The minimum Gasteiger partial charge on any atom is -0.392 e. The van der Waals surface area contributed by atoms with Gasteiger partial charge in [-0.05, 0) is 58.8 Å². The highest BCUT2D eigenvalue weighted by molar-refractivity contribution is 4.99. The fourth-order valence-corrected chi connectivity index (χ4v) is 4.09. The van der Waals surface area contributed by atoms with Gasteiger partial charge in [-0.15, -0.1) is 0 Å². The zero-order valence-corrected chi connectivity index (χ0v) is 12.7. The lowest BCUT2D eigenvalue weighted by atomic mass is 9.72. The maximum absolute atomic E-state index is 10.7. The van der Waals surface area contributed by atoms with Crippen LogP contribution in [0, 0.1) is 17.8 Å². The van der Waals surface area contributed by atoms with Gasteiger partial charge in [-0.25, -0.2) is 0 Å². The molecule has 2 unspecified atom stereocenters. The first kappa shape index (κ1) is 14.3. The van der Waals surface area contributed by atoms with Gasteiger partial charge in [0, 0.05) is 5.92 Å². The second kappa shape index (κ2) is 4.79. The first-order valence-electron chi connectivity index (χ1n) is 7.59. The van der Waals surface area contributed by atoms with Gasteiger partial charge in [0.05, 0.1) is 17.3 Å². The van der Waals surface area contributed by atoms with E-state index in [2.05, 4.69) is 34.6 Å². The van der Waals surface area contributed by atoms with Gasteiger partial charge in [0.1, 0.15) is 0 Å². The Morgan fingerprint density at radius 3 is 2.06 bits per heavy atom. The highest BCUT2D eigenvalue weighted by atomic mass is 16.5. The quantitative estimate of drug-likeness (QED) is 0.813. The molecule has 2 aliphatic rings. The van der Waals surface area contributed by atoms with Crippen LogP contribution in [0.15, 0.2) is 0 Å². The first-order chi connectivity index (χ1) is 8.21. The molecule has 0 spiro atoms. The summed E-state index contributed by atoms with van der Waals surface area (Å²) < 4.78 is 6.12. The Bertz CT molecular complexity index is 287. The summed E-state index contributed by atoms with van der Waals surface area (Å²) in [6.07, 6.45) is 5.73. The van der Waals surface area contributed by atoms with E-state index in [0.717, 1.165) is 12.3 Å². The SMILES string of the molecule is CC1CCC(C(O)C2CC(C)(C)OC2(C)C)CC1. The predicted octanol–water partition coefficient (Wildman–Crippen LogP) is 3.77. The normalized spacial score (nSPS) is 40.7. The summed E-state index contributed by atoms with van der Waals surface area (Å²) >= 11 is 0. The summed E-state index contributed by atoms with van der Waals surface area (Å²) in [4.78, 5) is 0. The summed E-state index contributed by atoms with van der Waals surface area (Å²) in [7, 11) is 0. The molecule has 0 radical (unpaired) electrons. The fraction of sp³-hybridized carbons (Fsp3) is 1.00. The van der Waals surface area contributed by atoms with Crippen LogP contribution in [0.5, 0.6) is 0 Å². The topological polar surface area (TPSA) is 29.5 Å². The molecule has 1 saturated carbocycles. The second-order valence-electron chi connectivity index (χ2n) is 7.79. The largest absolute Gasteiger partial charge is 0.392 e. The van der Waals surface area contributed by atoms with Crippen LogP contribution in [0.25, 0.3) is 0 Å². The molecular formula is C16H30O2. The van der Waals surface area contributed by atoms with Crippen molar-refractivity contribution in [2.75, 3.05) is 0 Å². The molecule has 1 aliphatic carbocycles. The number of hydrogen-bond donors (Lipinski definition) is 1. The van der Waals surface area contributed by atoms with E-state index >= 15 is 0 Å². The van der Waals surface area contributed by atoms with E-state index < -0.39 is 0 Å². The number of aliphatic hydroxyl groups is 1. The van der Waals surface area contributed by atoms with E-state index in [1.54, 1.807) is 0 Å². The van der Waals surface area contributed by atoms with Crippen molar-refractivity contribution in [1.29, 1.82) is 0 Å². The molecule has 2 nitrogen and oxygen atoms in total.